The van der Waals surface area contributed by atoms with Crippen molar-refractivity contribution < 1.29 is 0 Å². The Labute approximate surface area is 209 Å². The van der Waals surface area contributed by atoms with E-state index >= 15 is 0 Å². The van der Waals surface area contributed by atoms with Crippen LogP contribution in [0.3, 0.4) is 0 Å². The average molecular weight is 476 g/mol. The molecule has 0 atom stereocenters. The average Bonchev–Trinajstić information content (AvgIpc) is 3.58. The first-order valence-electron chi connectivity index (χ1n) is 12.1. The Morgan fingerprint density at radius 3 is 2.31 bits per heavy atom. The number of nitrogens with zero attached hydrogens (tertiary/aromatic N) is 3. The Kier molecular flexibility index (Phi) is 3.42. The first-order valence-corrected chi connectivity index (χ1v) is 12.9. The minimum Gasteiger partial charge on any atom is -0.291 e. The van der Waals surface area contributed by atoms with E-state index in [0.29, 0.717) is 0 Å². The lowest BCUT2D eigenvalue weighted by Gasteiger charge is -2.04. The lowest BCUT2D eigenvalue weighted by molar-refractivity contribution is 1.28. The molecule has 0 saturated carbocycles. The number of benzene rings is 5. The zero-order chi connectivity index (χ0) is 23.4. The van der Waals surface area contributed by atoms with Crippen molar-refractivity contribution in [3.05, 3.63) is 103 Å². The highest BCUT2D eigenvalue weighted by Gasteiger charge is 2.23. The summed E-state index contributed by atoms with van der Waals surface area (Å²) < 4.78 is 5.00. The molecule has 3 nitrogen and oxygen atoms in total. The molecule has 4 heterocycles. The fraction of sp³-hybridized carbons (Fsp3) is 0. The molecule has 0 aliphatic heterocycles. The minimum atomic E-state index is 0.918. The minimum absolute atomic E-state index is 0.918. The molecular formula is C32H17N3S. The molecule has 0 fully saturated rings. The van der Waals surface area contributed by atoms with Gasteiger partial charge >= 0.3 is 0 Å². The summed E-state index contributed by atoms with van der Waals surface area (Å²) in [6.45, 7) is 0. The van der Waals surface area contributed by atoms with Crippen molar-refractivity contribution >= 4 is 80.9 Å². The molecule has 0 aliphatic rings. The third kappa shape index (κ3) is 2.27. The van der Waals surface area contributed by atoms with Crippen LogP contribution in [0.25, 0.3) is 80.7 Å². The molecule has 9 aromatic rings. The van der Waals surface area contributed by atoms with Gasteiger partial charge in [0.1, 0.15) is 5.52 Å². The molecule has 0 N–H and O–H groups in total. The normalized spacial score (nSPS) is 12.4. The van der Waals surface area contributed by atoms with Gasteiger partial charge in [-0.1, -0.05) is 72.8 Å². The highest BCUT2D eigenvalue weighted by molar-refractivity contribution is 7.26. The smallest absolute Gasteiger partial charge is 0.165 e. The van der Waals surface area contributed by atoms with Gasteiger partial charge in [0.05, 0.1) is 22.1 Å². The Morgan fingerprint density at radius 1 is 0.583 bits per heavy atom. The van der Waals surface area contributed by atoms with Crippen molar-refractivity contribution in [1.82, 2.24) is 14.4 Å². The van der Waals surface area contributed by atoms with Gasteiger partial charge in [-0.3, -0.25) is 4.40 Å². The van der Waals surface area contributed by atoms with Gasteiger partial charge in [0.25, 0.3) is 0 Å². The lowest BCUT2D eigenvalue weighted by atomic mass is 10.0. The molecular weight excluding hydrogens is 458 g/mol. The van der Waals surface area contributed by atoms with Crippen LogP contribution in [-0.4, -0.2) is 14.4 Å². The molecule has 0 spiro atoms. The SMILES string of the molecule is c1ccc(-c2ccc3nc4c5cc6c7ccccc7sc6c6c7ccccc7n(c4nc3c2)c56)cc1. The van der Waals surface area contributed by atoms with Crippen LogP contribution in [0.4, 0.5) is 0 Å². The maximum atomic E-state index is 5.25. The zero-order valence-corrected chi connectivity index (χ0v) is 19.9. The molecule has 9 rings (SSSR count). The van der Waals surface area contributed by atoms with Crippen LogP contribution < -0.4 is 0 Å². The number of fused-ring (bicyclic) bond motifs is 11. The van der Waals surface area contributed by atoms with Gasteiger partial charge in [-0.05, 0) is 41.5 Å². The van der Waals surface area contributed by atoms with Crippen LogP contribution in [-0.2, 0) is 0 Å². The quantitative estimate of drug-likeness (QED) is 0.237. The molecule has 36 heavy (non-hydrogen) atoms. The van der Waals surface area contributed by atoms with Gasteiger partial charge in [-0.25, -0.2) is 9.97 Å². The number of hydrogen-bond acceptors (Lipinski definition) is 3. The number of para-hydroxylation sites is 1. The van der Waals surface area contributed by atoms with Gasteiger partial charge in [-0.15, -0.1) is 11.3 Å². The highest BCUT2D eigenvalue weighted by atomic mass is 32.1. The van der Waals surface area contributed by atoms with Gasteiger partial charge in [0, 0.05) is 36.3 Å². The molecule has 0 saturated heterocycles. The Balaban J connectivity index is 1.50. The largest absolute Gasteiger partial charge is 0.291 e. The fourth-order valence-electron chi connectivity index (χ4n) is 5.92. The van der Waals surface area contributed by atoms with Gasteiger partial charge in [-0.2, -0.15) is 0 Å². The molecule has 166 valence electrons. The highest BCUT2D eigenvalue weighted by Crippen LogP contribution is 2.47. The van der Waals surface area contributed by atoms with Crippen LogP contribution in [0.2, 0.25) is 0 Å². The monoisotopic (exact) mass is 475 g/mol. The van der Waals surface area contributed by atoms with E-state index in [4.69, 9.17) is 9.97 Å². The lowest BCUT2D eigenvalue weighted by Crippen LogP contribution is -1.90. The van der Waals surface area contributed by atoms with E-state index in [0.717, 1.165) is 27.8 Å². The number of aromatic nitrogens is 3. The third-order valence-corrected chi connectivity index (χ3v) is 8.70. The van der Waals surface area contributed by atoms with Crippen LogP contribution in [0.5, 0.6) is 0 Å². The first-order chi connectivity index (χ1) is 17.8. The Bertz CT molecular complexity index is 2310. The van der Waals surface area contributed by atoms with E-state index in [1.807, 2.05) is 17.4 Å². The van der Waals surface area contributed by atoms with E-state index in [1.165, 1.54) is 52.9 Å². The molecule has 4 aromatic heterocycles. The maximum absolute atomic E-state index is 5.25. The molecule has 0 unspecified atom stereocenters. The van der Waals surface area contributed by atoms with Crippen LogP contribution in [0, 0.1) is 0 Å². The fourth-order valence-corrected chi connectivity index (χ4v) is 7.17. The van der Waals surface area contributed by atoms with E-state index in [2.05, 4.69) is 101 Å². The van der Waals surface area contributed by atoms with E-state index < -0.39 is 0 Å². The predicted octanol–water partition coefficient (Wildman–Crippen LogP) is 8.81. The molecule has 5 aromatic carbocycles. The van der Waals surface area contributed by atoms with Gasteiger partial charge in [0.15, 0.2) is 5.65 Å². The molecule has 0 bridgehead atoms. The van der Waals surface area contributed by atoms with Gasteiger partial charge < -0.3 is 0 Å². The number of hydrogen-bond donors (Lipinski definition) is 0. The molecule has 0 amide bonds. The molecule has 4 heteroatoms. The van der Waals surface area contributed by atoms with Crippen LogP contribution in [0.15, 0.2) is 103 Å². The second kappa shape index (κ2) is 6.56. The summed E-state index contributed by atoms with van der Waals surface area (Å²) in [5.41, 5.74) is 8.49. The van der Waals surface area contributed by atoms with Crippen molar-refractivity contribution in [3.8, 4) is 11.1 Å². The zero-order valence-electron chi connectivity index (χ0n) is 19.1. The van der Waals surface area contributed by atoms with Crippen molar-refractivity contribution in [1.29, 1.82) is 0 Å². The number of rotatable bonds is 1. The summed E-state index contributed by atoms with van der Waals surface area (Å²) in [5, 5.41) is 6.37. The van der Waals surface area contributed by atoms with Crippen LogP contribution in [0.1, 0.15) is 0 Å². The standard InChI is InChI=1S/C32H17N3S/c1-2-8-18(9-3-1)19-14-15-24-25(16-19)34-32-29(33-24)23-17-22-20-10-5-7-13-27(20)36-31(22)28-21-11-4-6-12-26(21)35(32)30(23)28/h1-17H. The maximum Gasteiger partial charge on any atom is 0.165 e. The molecule has 0 aliphatic carbocycles. The van der Waals surface area contributed by atoms with Crippen LogP contribution >= 0.6 is 11.3 Å². The number of thiophene rings is 1. The summed E-state index contributed by atoms with van der Waals surface area (Å²) >= 11 is 1.88. The summed E-state index contributed by atoms with van der Waals surface area (Å²) in [5.74, 6) is 0. The summed E-state index contributed by atoms with van der Waals surface area (Å²) in [6, 6.07) is 36.6. The second-order valence-electron chi connectivity index (χ2n) is 9.44. The summed E-state index contributed by atoms with van der Waals surface area (Å²) in [7, 11) is 0. The Hall–Kier alpha value is -4.54. The molecule has 0 radical (unpaired) electrons. The van der Waals surface area contributed by atoms with Gasteiger partial charge in [0.2, 0.25) is 0 Å². The summed E-state index contributed by atoms with van der Waals surface area (Å²) in [4.78, 5) is 10.4. The van der Waals surface area contributed by atoms with Crippen molar-refractivity contribution in [3.63, 3.8) is 0 Å². The third-order valence-electron chi connectivity index (χ3n) is 7.50. The topological polar surface area (TPSA) is 30.2 Å². The Morgan fingerprint density at radius 2 is 1.39 bits per heavy atom. The van der Waals surface area contributed by atoms with E-state index in [9.17, 15) is 0 Å². The van der Waals surface area contributed by atoms with Crippen molar-refractivity contribution in [2.45, 2.75) is 0 Å². The van der Waals surface area contributed by atoms with Crippen molar-refractivity contribution in [2.24, 2.45) is 0 Å². The van der Waals surface area contributed by atoms with E-state index in [-0.39, 0.29) is 0 Å². The predicted molar refractivity (Wildman–Crippen MR) is 153 cm³/mol. The first kappa shape index (κ1) is 18.7. The summed E-state index contributed by atoms with van der Waals surface area (Å²) in [6.07, 6.45) is 0. The second-order valence-corrected chi connectivity index (χ2v) is 10.5. The van der Waals surface area contributed by atoms with E-state index in [1.54, 1.807) is 0 Å². The van der Waals surface area contributed by atoms with Crippen molar-refractivity contribution in [2.75, 3.05) is 0 Å².